The molecule has 0 aliphatic carbocycles. The van der Waals surface area contributed by atoms with Crippen LogP contribution < -0.4 is 11.1 Å². The molecule has 2 heterocycles. The van der Waals surface area contributed by atoms with Crippen molar-refractivity contribution < 1.29 is 4.79 Å². The highest BCUT2D eigenvalue weighted by molar-refractivity contribution is 5.92. The Morgan fingerprint density at radius 2 is 2.16 bits per heavy atom. The Morgan fingerprint density at radius 3 is 2.68 bits per heavy atom. The van der Waals surface area contributed by atoms with Crippen LogP contribution >= 0.6 is 0 Å². The van der Waals surface area contributed by atoms with E-state index < -0.39 is 5.91 Å². The molecule has 2 aromatic rings. The molecule has 0 aliphatic rings. The number of primary amides is 1. The maximum Gasteiger partial charge on any atom is 0.251 e. The summed E-state index contributed by atoms with van der Waals surface area (Å²) in [7, 11) is 1.79. The van der Waals surface area contributed by atoms with Gasteiger partial charge in [0.15, 0.2) is 5.82 Å². The molecule has 0 unspecified atom stereocenters. The summed E-state index contributed by atoms with van der Waals surface area (Å²) in [5.74, 6) is 1.68. The quantitative estimate of drug-likeness (QED) is 0.851. The largest absolute Gasteiger partial charge is 0.373 e. The maximum absolute atomic E-state index is 11.1. The van der Waals surface area contributed by atoms with Gasteiger partial charge in [-0.2, -0.15) is 5.10 Å². The van der Waals surface area contributed by atoms with E-state index in [2.05, 4.69) is 20.4 Å². The number of carbonyl (C=O) groups excluding carboxylic acids is 1. The molecule has 0 saturated heterocycles. The third kappa shape index (κ3) is 2.70. The number of nitrogens with one attached hydrogen (secondary N) is 1. The molecule has 0 aliphatic heterocycles. The number of amides is 1. The van der Waals surface area contributed by atoms with Crippen molar-refractivity contribution >= 4 is 11.7 Å². The smallest absolute Gasteiger partial charge is 0.251 e. The lowest BCUT2D eigenvalue weighted by Crippen LogP contribution is -2.10. The summed E-state index contributed by atoms with van der Waals surface area (Å²) in [4.78, 5) is 19.9. The molecule has 7 nitrogen and oxygen atoms in total. The highest BCUT2D eigenvalue weighted by Gasteiger charge is 2.11. The Bertz CT molecular complexity index is 604. The number of nitrogens with two attached hydrogens (primary N) is 1. The summed E-state index contributed by atoms with van der Waals surface area (Å²) in [5.41, 5.74) is 5.55. The van der Waals surface area contributed by atoms with Gasteiger partial charge in [0.2, 0.25) is 0 Å². The summed E-state index contributed by atoms with van der Waals surface area (Å²) < 4.78 is 1.51. The van der Waals surface area contributed by atoms with Crippen molar-refractivity contribution in [2.75, 3.05) is 12.4 Å². The fraction of sp³-hybridized carbons (Fsp3) is 0.333. The maximum atomic E-state index is 11.1. The van der Waals surface area contributed by atoms with E-state index in [9.17, 15) is 4.79 Å². The van der Waals surface area contributed by atoms with Crippen LogP contribution in [-0.4, -0.2) is 32.7 Å². The molecule has 2 aromatic heterocycles. The molecule has 0 fully saturated rings. The van der Waals surface area contributed by atoms with E-state index in [0.29, 0.717) is 23.0 Å². The van der Waals surface area contributed by atoms with Gasteiger partial charge in [-0.3, -0.25) is 4.79 Å². The van der Waals surface area contributed by atoms with Crippen LogP contribution in [0.25, 0.3) is 5.82 Å². The van der Waals surface area contributed by atoms with Crippen LogP contribution in [0.1, 0.15) is 35.9 Å². The van der Waals surface area contributed by atoms with Crippen molar-refractivity contribution in [3.05, 3.63) is 29.8 Å². The first-order chi connectivity index (χ1) is 9.01. The minimum absolute atomic E-state index is 0.193. The molecule has 1 amide bonds. The van der Waals surface area contributed by atoms with Crippen molar-refractivity contribution in [2.24, 2.45) is 5.73 Å². The monoisotopic (exact) mass is 260 g/mol. The van der Waals surface area contributed by atoms with Gasteiger partial charge in [-0.25, -0.2) is 14.6 Å². The van der Waals surface area contributed by atoms with E-state index in [1.165, 1.54) is 10.9 Å². The van der Waals surface area contributed by atoms with Crippen molar-refractivity contribution in [3.63, 3.8) is 0 Å². The molecule has 0 radical (unpaired) electrons. The number of rotatable bonds is 4. The summed E-state index contributed by atoms with van der Waals surface area (Å²) in [6.07, 6.45) is 2.97. The second-order valence-corrected chi connectivity index (χ2v) is 4.41. The molecule has 0 spiro atoms. The Hall–Kier alpha value is -2.44. The van der Waals surface area contributed by atoms with Crippen LogP contribution in [0.15, 0.2) is 18.5 Å². The fourth-order valence-electron chi connectivity index (χ4n) is 1.53. The number of hydrogen-bond acceptors (Lipinski definition) is 5. The van der Waals surface area contributed by atoms with E-state index in [1.807, 2.05) is 13.8 Å². The predicted octanol–water partition coefficient (Wildman–Crippen LogP) is 0.926. The molecule has 0 atom stereocenters. The molecular weight excluding hydrogens is 244 g/mol. The fourth-order valence-corrected chi connectivity index (χ4v) is 1.53. The van der Waals surface area contributed by atoms with Gasteiger partial charge < -0.3 is 11.1 Å². The number of anilines is 1. The Balaban J connectivity index is 2.47. The molecule has 3 N–H and O–H groups in total. The molecule has 19 heavy (non-hydrogen) atoms. The van der Waals surface area contributed by atoms with Gasteiger partial charge >= 0.3 is 0 Å². The van der Waals surface area contributed by atoms with Gasteiger partial charge in [-0.05, 0) is 0 Å². The number of aromatic nitrogens is 4. The van der Waals surface area contributed by atoms with Crippen molar-refractivity contribution in [1.82, 2.24) is 19.7 Å². The summed E-state index contributed by atoms with van der Waals surface area (Å²) in [5, 5.41) is 7.06. The van der Waals surface area contributed by atoms with Gasteiger partial charge in [0, 0.05) is 25.2 Å². The van der Waals surface area contributed by atoms with Gasteiger partial charge in [-0.15, -0.1) is 0 Å². The average molecular weight is 260 g/mol. The van der Waals surface area contributed by atoms with Gasteiger partial charge in [0.1, 0.15) is 11.6 Å². The van der Waals surface area contributed by atoms with Crippen LogP contribution in [0.2, 0.25) is 0 Å². The summed E-state index contributed by atoms with van der Waals surface area (Å²) in [6, 6.07) is 1.75. The third-order valence-electron chi connectivity index (χ3n) is 2.60. The molecule has 0 saturated carbocycles. The lowest BCUT2D eigenvalue weighted by atomic mass is 10.2. The van der Waals surface area contributed by atoms with Gasteiger partial charge in [0.25, 0.3) is 5.91 Å². The van der Waals surface area contributed by atoms with E-state index >= 15 is 0 Å². The minimum Gasteiger partial charge on any atom is -0.373 e. The molecule has 2 rings (SSSR count). The standard InChI is InChI=1S/C12H16N6O/c1-7(2)12-16-9(14-3)4-10(17-12)18-6-8(5-15-18)11(13)19/h4-7H,1-3H3,(H2,13,19)(H,14,16,17). The average Bonchev–Trinajstić information content (AvgIpc) is 2.87. The van der Waals surface area contributed by atoms with Crippen molar-refractivity contribution in [1.29, 1.82) is 0 Å². The third-order valence-corrected chi connectivity index (χ3v) is 2.60. The number of nitrogens with zero attached hydrogens (tertiary/aromatic N) is 4. The Kier molecular flexibility index (Phi) is 3.46. The summed E-state index contributed by atoms with van der Waals surface area (Å²) >= 11 is 0. The highest BCUT2D eigenvalue weighted by Crippen LogP contribution is 2.16. The molecule has 0 bridgehead atoms. The zero-order valence-corrected chi connectivity index (χ0v) is 11.1. The first kappa shape index (κ1) is 13.0. The summed E-state index contributed by atoms with van der Waals surface area (Å²) in [6.45, 7) is 4.02. The first-order valence-corrected chi connectivity index (χ1v) is 5.93. The van der Waals surface area contributed by atoms with Crippen molar-refractivity contribution in [2.45, 2.75) is 19.8 Å². The predicted molar refractivity (Wildman–Crippen MR) is 71.3 cm³/mol. The molecule has 100 valence electrons. The van der Waals surface area contributed by atoms with Crippen molar-refractivity contribution in [3.8, 4) is 5.82 Å². The highest BCUT2D eigenvalue weighted by atomic mass is 16.1. The van der Waals surface area contributed by atoms with Crippen LogP contribution in [-0.2, 0) is 0 Å². The Labute approximate surface area is 110 Å². The molecule has 0 aromatic carbocycles. The van der Waals surface area contributed by atoms with Crippen LogP contribution in [0.3, 0.4) is 0 Å². The zero-order valence-electron chi connectivity index (χ0n) is 11.1. The molecular formula is C12H16N6O. The second kappa shape index (κ2) is 5.05. The van der Waals surface area contributed by atoms with E-state index in [1.54, 1.807) is 19.3 Å². The Morgan fingerprint density at radius 1 is 1.42 bits per heavy atom. The SMILES string of the molecule is CNc1cc(-n2cc(C(N)=O)cn2)nc(C(C)C)n1. The lowest BCUT2D eigenvalue weighted by Gasteiger charge is -2.09. The van der Waals surface area contributed by atoms with Crippen LogP contribution in [0.4, 0.5) is 5.82 Å². The van der Waals surface area contributed by atoms with E-state index in [4.69, 9.17) is 5.73 Å². The lowest BCUT2D eigenvalue weighted by molar-refractivity contribution is 0.100. The van der Waals surface area contributed by atoms with E-state index in [-0.39, 0.29) is 5.92 Å². The van der Waals surface area contributed by atoms with E-state index in [0.717, 1.165) is 0 Å². The second-order valence-electron chi connectivity index (χ2n) is 4.41. The van der Waals surface area contributed by atoms with Gasteiger partial charge in [-0.1, -0.05) is 13.8 Å². The molecule has 7 heteroatoms. The number of carbonyl (C=O) groups is 1. The number of hydrogen-bond donors (Lipinski definition) is 2. The normalized spacial score (nSPS) is 10.7. The van der Waals surface area contributed by atoms with Gasteiger partial charge in [0.05, 0.1) is 11.8 Å². The minimum atomic E-state index is -0.516. The first-order valence-electron chi connectivity index (χ1n) is 5.93. The van der Waals surface area contributed by atoms with Crippen LogP contribution in [0.5, 0.6) is 0 Å². The van der Waals surface area contributed by atoms with Crippen LogP contribution in [0, 0.1) is 0 Å². The zero-order chi connectivity index (χ0) is 14.0. The topological polar surface area (TPSA) is 98.7 Å².